The fourth-order valence-electron chi connectivity index (χ4n) is 5.86. The summed E-state index contributed by atoms with van der Waals surface area (Å²) in [7, 11) is 0. The Morgan fingerprint density at radius 1 is 1.00 bits per heavy atom. The molecule has 1 aliphatic rings. The Morgan fingerprint density at radius 2 is 1.68 bits per heavy atom. The van der Waals surface area contributed by atoms with E-state index in [0.717, 1.165) is 62.4 Å². The lowest BCUT2D eigenvalue weighted by Crippen LogP contribution is -2.54. The Morgan fingerprint density at radius 3 is 2.39 bits per heavy atom. The van der Waals surface area contributed by atoms with E-state index in [1.54, 1.807) is 4.90 Å². The molecule has 1 aromatic heterocycles. The van der Waals surface area contributed by atoms with Gasteiger partial charge in [-0.25, -0.2) is 15.2 Å². The number of fused-ring (bicyclic) bond motifs is 4. The summed E-state index contributed by atoms with van der Waals surface area (Å²) in [5.74, 6) is 0.482. The predicted octanol–water partition coefficient (Wildman–Crippen LogP) is 5.16. The minimum Gasteiger partial charge on any atom is -0.464 e. The van der Waals surface area contributed by atoms with Crippen LogP contribution in [-0.2, 0) is 4.79 Å². The molecule has 10 nitrogen and oxygen atoms in total. The van der Waals surface area contributed by atoms with Crippen LogP contribution < -0.4 is 22.3 Å². The van der Waals surface area contributed by atoms with E-state index in [1.807, 2.05) is 38.1 Å². The Kier molecular flexibility index (Phi) is 6.63. The van der Waals surface area contributed by atoms with Gasteiger partial charge in [-0.05, 0) is 64.9 Å². The van der Waals surface area contributed by atoms with E-state index >= 15 is 0 Å². The topological polar surface area (TPSA) is 162 Å². The van der Waals surface area contributed by atoms with Gasteiger partial charge in [0.1, 0.15) is 11.9 Å². The highest BCUT2D eigenvalue weighted by molar-refractivity contribution is 6.06. The predicted molar refractivity (Wildman–Crippen MR) is 162 cm³/mol. The number of imidazole rings is 1. The number of nitrogens with zero attached hydrogens (tertiary/aromatic N) is 2. The Balaban J connectivity index is 1.32. The number of nitrogen functional groups attached to an aromatic ring is 2. The van der Waals surface area contributed by atoms with Crippen molar-refractivity contribution in [1.29, 1.82) is 0 Å². The average Bonchev–Trinajstić information content (AvgIpc) is 3.62. The molecule has 4 aromatic carbocycles. The number of benzene rings is 4. The lowest BCUT2D eigenvalue weighted by atomic mass is 9.97. The van der Waals surface area contributed by atoms with Gasteiger partial charge in [-0.3, -0.25) is 10.2 Å². The SMILES string of the molecule is CC(C)[C@H](NNC(=O)O)C(=O)N1CCC[C@H]1c1nc2c(ccc3cc(-c4ccc5c(N)c(N)ccc5c4)ccc32)[nH]1. The summed E-state index contributed by atoms with van der Waals surface area (Å²) >= 11 is 0. The Hall–Kier alpha value is -4.83. The number of carbonyl (C=O) groups is 2. The van der Waals surface area contributed by atoms with E-state index in [9.17, 15) is 9.59 Å². The first kappa shape index (κ1) is 26.4. The van der Waals surface area contributed by atoms with Crippen LogP contribution in [0, 0.1) is 5.92 Å². The maximum absolute atomic E-state index is 13.5. The maximum Gasteiger partial charge on any atom is 0.419 e. The summed E-state index contributed by atoms with van der Waals surface area (Å²) in [5, 5.41) is 13.1. The van der Waals surface area contributed by atoms with Crippen LogP contribution in [0.25, 0.3) is 43.7 Å². The zero-order valence-corrected chi connectivity index (χ0v) is 22.9. The standard InChI is InChI=1S/C31H33N7O3/c1-16(2)27(36-37-31(40)41)30(39)38-13-3-4-25(38)29-34-24-12-8-20-15-18(6-10-22(20)28(24)35-29)17-5-9-21-19(14-17)7-11-23(32)26(21)33/h5-12,14-16,25,27,36-37H,3-4,13,32-33H2,1-2H3,(H,34,35)(H,40,41)/t25-,27-/m0/s1. The molecule has 0 bridgehead atoms. The summed E-state index contributed by atoms with van der Waals surface area (Å²) < 4.78 is 0. The number of hydrogen-bond acceptors (Lipinski definition) is 6. The third kappa shape index (κ3) is 4.76. The van der Waals surface area contributed by atoms with E-state index in [-0.39, 0.29) is 17.9 Å². The van der Waals surface area contributed by atoms with E-state index in [2.05, 4.69) is 52.2 Å². The zero-order valence-electron chi connectivity index (χ0n) is 22.9. The smallest absolute Gasteiger partial charge is 0.419 e. The normalized spacial score (nSPS) is 16.2. The molecule has 41 heavy (non-hydrogen) atoms. The first-order valence-electron chi connectivity index (χ1n) is 13.8. The van der Waals surface area contributed by atoms with Crippen LogP contribution in [0.2, 0.25) is 0 Å². The summed E-state index contributed by atoms with van der Waals surface area (Å²) in [4.78, 5) is 34.7. The number of H-pyrrole nitrogens is 1. The van der Waals surface area contributed by atoms with Gasteiger partial charge in [-0.15, -0.1) is 0 Å². The number of carbonyl (C=O) groups excluding carboxylic acids is 1. The maximum atomic E-state index is 13.5. The van der Waals surface area contributed by atoms with Crippen molar-refractivity contribution in [2.24, 2.45) is 5.92 Å². The molecule has 2 heterocycles. The average molecular weight is 552 g/mol. The number of hydrogen-bond donors (Lipinski definition) is 6. The number of carboxylic acid groups (broad SMARTS) is 1. The van der Waals surface area contributed by atoms with E-state index in [1.165, 1.54) is 0 Å². The highest BCUT2D eigenvalue weighted by atomic mass is 16.4. The second kappa shape index (κ2) is 10.3. The van der Waals surface area contributed by atoms with Crippen molar-refractivity contribution < 1.29 is 14.7 Å². The summed E-state index contributed by atoms with van der Waals surface area (Å²) in [5.41, 5.74) is 22.1. The minimum absolute atomic E-state index is 0.109. The van der Waals surface area contributed by atoms with Crippen LogP contribution in [0.15, 0.2) is 60.7 Å². The zero-order chi connectivity index (χ0) is 28.8. The van der Waals surface area contributed by atoms with Crippen molar-refractivity contribution in [1.82, 2.24) is 25.7 Å². The molecule has 2 atom stereocenters. The molecule has 6 rings (SSSR count). The molecule has 5 aromatic rings. The molecule has 2 amide bonds. The fourth-order valence-corrected chi connectivity index (χ4v) is 5.86. The van der Waals surface area contributed by atoms with Crippen LogP contribution in [0.1, 0.15) is 38.6 Å². The lowest BCUT2D eigenvalue weighted by molar-refractivity contribution is -0.135. The first-order valence-corrected chi connectivity index (χ1v) is 13.8. The summed E-state index contributed by atoms with van der Waals surface area (Å²) in [6.45, 7) is 4.36. The van der Waals surface area contributed by atoms with Gasteiger partial charge in [0, 0.05) is 17.3 Å². The highest BCUT2D eigenvalue weighted by Crippen LogP contribution is 2.36. The van der Waals surface area contributed by atoms with Crippen molar-refractivity contribution in [2.45, 2.75) is 38.8 Å². The second-order valence-corrected chi connectivity index (χ2v) is 11.0. The van der Waals surface area contributed by atoms with Gasteiger partial charge >= 0.3 is 6.09 Å². The van der Waals surface area contributed by atoms with Crippen LogP contribution in [0.3, 0.4) is 0 Å². The van der Waals surface area contributed by atoms with Crippen LogP contribution in [-0.4, -0.2) is 44.6 Å². The van der Waals surface area contributed by atoms with Crippen molar-refractivity contribution in [3.05, 3.63) is 66.5 Å². The van der Waals surface area contributed by atoms with E-state index in [4.69, 9.17) is 21.6 Å². The molecule has 0 aliphatic carbocycles. The summed E-state index contributed by atoms with van der Waals surface area (Å²) in [6, 6.07) is 19.6. The molecule has 10 heteroatoms. The first-order chi connectivity index (χ1) is 19.7. The number of rotatable bonds is 6. The molecule has 0 spiro atoms. The minimum atomic E-state index is -1.23. The number of nitrogens with two attached hydrogens (primary N) is 2. The van der Waals surface area contributed by atoms with Crippen molar-refractivity contribution in [2.75, 3.05) is 18.0 Å². The number of amides is 2. The lowest BCUT2D eigenvalue weighted by Gasteiger charge is -2.30. The summed E-state index contributed by atoms with van der Waals surface area (Å²) in [6.07, 6.45) is 0.394. The van der Waals surface area contributed by atoms with Gasteiger partial charge in [-0.1, -0.05) is 50.2 Å². The number of hydrazine groups is 1. The Labute approximate surface area is 236 Å². The molecule has 1 fully saturated rings. The molecule has 1 saturated heterocycles. The van der Waals surface area contributed by atoms with Crippen LogP contribution in [0.4, 0.5) is 16.2 Å². The molecule has 210 valence electrons. The van der Waals surface area contributed by atoms with Crippen molar-refractivity contribution in [3.8, 4) is 11.1 Å². The van der Waals surface area contributed by atoms with E-state index in [0.29, 0.717) is 17.9 Å². The number of nitrogens with one attached hydrogen (secondary N) is 3. The fraction of sp³-hybridized carbons (Fsp3) is 0.258. The largest absolute Gasteiger partial charge is 0.464 e. The molecule has 8 N–H and O–H groups in total. The molecule has 1 aliphatic heterocycles. The van der Waals surface area contributed by atoms with Gasteiger partial charge in [0.15, 0.2) is 0 Å². The van der Waals surface area contributed by atoms with Gasteiger partial charge in [0.25, 0.3) is 0 Å². The molecular weight excluding hydrogens is 518 g/mol. The van der Waals surface area contributed by atoms with E-state index < -0.39 is 12.1 Å². The quantitative estimate of drug-likeness (QED) is 0.125. The third-order valence-electron chi connectivity index (χ3n) is 8.03. The van der Waals surface area contributed by atoms with Gasteiger partial charge in [0.05, 0.1) is 28.5 Å². The van der Waals surface area contributed by atoms with Crippen molar-refractivity contribution >= 4 is 56.0 Å². The van der Waals surface area contributed by atoms with Gasteiger partial charge in [-0.2, -0.15) is 0 Å². The molecule has 0 saturated carbocycles. The third-order valence-corrected chi connectivity index (χ3v) is 8.03. The molecular formula is C31H33N7O3. The van der Waals surface area contributed by atoms with Crippen LogP contribution in [0.5, 0.6) is 0 Å². The van der Waals surface area contributed by atoms with Gasteiger partial charge in [0.2, 0.25) is 5.91 Å². The monoisotopic (exact) mass is 551 g/mol. The van der Waals surface area contributed by atoms with Gasteiger partial charge < -0.3 is 26.5 Å². The molecule has 0 unspecified atom stereocenters. The number of aromatic nitrogens is 2. The van der Waals surface area contributed by atoms with Crippen molar-refractivity contribution in [3.63, 3.8) is 0 Å². The number of likely N-dealkylation sites (tertiary alicyclic amines) is 1. The van der Waals surface area contributed by atoms with Crippen LogP contribution >= 0.6 is 0 Å². The highest BCUT2D eigenvalue weighted by Gasteiger charge is 2.37. The Bertz CT molecular complexity index is 1810. The number of aromatic amines is 1. The molecule has 0 radical (unpaired) electrons. The number of anilines is 2. The second-order valence-electron chi connectivity index (χ2n) is 11.0.